The lowest BCUT2D eigenvalue weighted by Gasteiger charge is -2.50. The molecule has 4 aliphatic heterocycles. The number of allylic oxidation sites excluding steroid dienone is 10. The molecular formula is C62H96N5O28P. The number of aliphatic hydroxyl groups is 7. The summed E-state index contributed by atoms with van der Waals surface area (Å²) in [5, 5.41) is 94.8. The number of carbonyl (C=O) groups is 7. The van der Waals surface area contributed by atoms with Gasteiger partial charge in [0.25, 0.3) is 5.91 Å². The maximum atomic E-state index is 13.8. The zero-order valence-electron chi connectivity index (χ0n) is 55.4. The van der Waals surface area contributed by atoms with E-state index in [1.54, 1.807) is 6.08 Å². The zero-order chi connectivity index (χ0) is 71.8. The van der Waals surface area contributed by atoms with Crippen molar-refractivity contribution in [2.75, 3.05) is 13.2 Å². The van der Waals surface area contributed by atoms with Gasteiger partial charge in [-0.3, -0.25) is 33.0 Å². The van der Waals surface area contributed by atoms with Crippen molar-refractivity contribution >= 4 is 49.3 Å². The lowest BCUT2D eigenvalue weighted by Crippen LogP contribution is -2.70. The van der Waals surface area contributed by atoms with Crippen LogP contribution < -0.4 is 27.4 Å². The summed E-state index contributed by atoms with van der Waals surface area (Å²) in [5.41, 5.74) is 14.9. The van der Waals surface area contributed by atoms with E-state index < -0.39 is 196 Å². The molecule has 22 atom stereocenters. The van der Waals surface area contributed by atoms with Crippen molar-refractivity contribution in [2.45, 2.75) is 256 Å². The molecule has 1 aliphatic carbocycles. The lowest BCUT2D eigenvalue weighted by atomic mass is 9.85. The molecule has 0 spiro atoms. The average molecular weight is 1390 g/mol. The van der Waals surface area contributed by atoms with E-state index in [9.17, 15) is 83.9 Å². The molecule has 5 rings (SSSR count). The summed E-state index contributed by atoms with van der Waals surface area (Å²) < 4.78 is 76.0. The highest BCUT2D eigenvalue weighted by atomic mass is 31.2. The predicted molar refractivity (Wildman–Crippen MR) is 333 cm³/mol. The summed E-state index contributed by atoms with van der Waals surface area (Å²) in [6.07, 6.45) is -23.6. The fourth-order valence-electron chi connectivity index (χ4n) is 10.9. The molecule has 0 aromatic carbocycles. The third-order valence-electron chi connectivity index (χ3n) is 16.4. The van der Waals surface area contributed by atoms with Crippen LogP contribution in [-0.2, 0) is 85.0 Å². The zero-order valence-corrected chi connectivity index (χ0v) is 56.3. The normalized spacial score (nSPS) is 33.2. The fraction of sp³-hybridized carbons (Fsp3) is 0.694. The number of carboxylic acids is 1. The number of nitrogens with one attached hydrogen (secondary N) is 3. The largest absolute Gasteiger partial charge is 0.510 e. The van der Waals surface area contributed by atoms with Gasteiger partial charge in [0, 0.05) is 26.7 Å². The Kier molecular flexibility index (Phi) is 30.5. The van der Waals surface area contributed by atoms with E-state index in [2.05, 4.69) is 81.5 Å². The molecule has 33 nitrogen and oxygen atoms in total. The predicted octanol–water partition coefficient (Wildman–Crippen LogP) is 0.786. The van der Waals surface area contributed by atoms with E-state index in [1.807, 2.05) is 6.92 Å². The van der Waals surface area contributed by atoms with E-state index in [4.69, 9.17) is 63.1 Å². The van der Waals surface area contributed by atoms with Gasteiger partial charge in [-0.1, -0.05) is 73.1 Å². The summed E-state index contributed by atoms with van der Waals surface area (Å²) in [5.74, 6) is -7.10. The number of hydrogen-bond acceptors (Lipinski definition) is 26. The number of amides is 5. The summed E-state index contributed by atoms with van der Waals surface area (Å²) in [4.78, 5) is 99.6. The lowest BCUT2D eigenvalue weighted by molar-refractivity contribution is -0.362. The van der Waals surface area contributed by atoms with E-state index in [1.165, 1.54) is 25.0 Å². The van der Waals surface area contributed by atoms with Gasteiger partial charge < -0.3 is 116 Å². The van der Waals surface area contributed by atoms with Crippen LogP contribution in [-0.4, -0.2) is 229 Å². The molecule has 0 aromatic rings. The van der Waals surface area contributed by atoms with Gasteiger partial charge in [0.05, 0.1) is 25.4 Å². The quantitative estimate of drug-likeness (QED) is 0.0319. The van der Waals surface area contributed by atoms with Gasteiger partial charge in [0.2, 0.25) is 17.7 Å². The molecule has 4 fully saturated rings. The number of phosphoric acid groups is 1. The van der Waals surface area contributed by atoms with E-state index in [-0.39, 0.29) is 24.9 Å². The summed E-state index contributed by atoms with van der Waals surface area (Å²) in [6, 6.07) is -3.52. The molecule has 96 heavy (non-hydrogen) atoms. The Labute approximate surface area is 555 Å². The van der Waals surface area contributed by atoms with Crippen LogP contribution in [0.1, 0.15) is 127 Å². The molecule has 0 bridgehead atoms. The van der Waals surface area contributed by atoms with Gasteiger partial charge in [-0.05, 0) is 91.9 Å². The Morgan fingerprint density at radius 3 is 1.78 bits per heavy atom. The number of Topliss-reactive ketones (excluding diaryl/α,β-unsaturated/α-hetero) is 1. The highest BCUT2D eigenvalue weighted by Crippen LogP contribution is 2.48. The Morgan fingerprint density at radius 1 is 0.698 bits per heavy atom. The van der Waals surface area contributed by atoms with Crippen molar-refractivity contribution in [3.05, 3.63) is 70.7 Å². The van der Waals surface area contributed by atoms with Crippen LogP contribution in [0.4, 0.5) is 4.79 Å². The number of aliphatic hydroxyl groups excluding tert-OH is 7. The minimum absolute atomic E-state index is 0.0831. The first-order valence-electron chi connectivity index (χ1n) is 31.3. The molecule has 0 saturated carbocycles. The number of aliphatic carboxylic acids is 1. The number of carboxylic acid groups (broad SMARTS) is 1. The van der Waals surface area contributed by atoms with Gasteiger partial charge in [-0.15, -0.1) is 0 Å². The van der Waals surface area contributed by atoms with Crippen molar-refractivity contribution in [2.24, 2.45) is 16.9 Å². The first-order chi connectivity index (χ1) is 44.8. The highest BCUT2D eigenvalue weighted by Gasteiger charge is 2.58. The molecule has 0 aromatic heterocycles. The standard InChI is InChI=1S/C62H96N5O28P/c1-28(2)15-14-17-29(3)18-19-31(5)22-25-62(10,11)24-13-12-16-30(4)23-26-85-38(56(80)81)27-86-96(83,84)95-60-53(50(94-61(64)82)47(77)51(91-60)54(63)78)93-58-41(66-35(9)69)42(72)48(32(6)88-58)89-57-40(65-34(8)68)43(73)49(33(7)87-57)90-59-46(76)44(74)45(75)52(92-59)55(79)67-39-36(70)20-21-37(39)71/h13,15,18,23-24,32-33,38,40-53,57-60,70,72-77H,5,12,14,16-17,19-22,25-27H2,1-4,6-11H3,(H2,63,78)(H2,64,82)(H,65,68)(H,66,69)(H,67,79)(H,80,81)(H,83,84)/b24-13+,29-18+,30-23-. The maximum absolute atomic E-state index is 13.8. The molecule has 5 amide bonds. The van der Waals surface area contributed by atoms with E-state index >= 15 is 0 Å². The minimum atomic E-state index is -5.66. The second-order valence-electron chi connectivity index (χ2n) is 25.3. The van der Waals surface area contributed by atoms with Gasteiger partial charge in [-0.25, -0.2) is 14.2 Å². The molecule has 34 heteroatoms. The summed E-state index contributed by atoms with van der Waals surface area (Å²) in [6.45, 7) is 19.8. The fourth-order valence-corrected chi connectivity index (χ4v) is 11.7. The number of carbonyl (C=O) groups excluding carboxylic acids is 6. The molecule has 0 radical (unpaired) electrons. The topological polar surface area (TPSA) is 508 Å². The first kappa shape index (κ1) is 80.8. The molecule has 4 heterocycles. The third kappa shape index (κ3) is 23.4. The van der Waals surface area contributed by atoms with E-state index in [0.717, 1.165) is 57.1 Å². The van der Waals surface area contributed by atoms with Crippen LogP contribution in [0.5, 0.6) is 0 Å². The van der Waals surface area contributed by atoms with E-state index in [0.29, 0.717) is 12.8 Å². The number of nitrogens with two attached hydrogens (primary N) is 2. The minimum Gasteiger partial charge on any atom is -0.510 e. The number of rotatable bonds is 33. The smallest absolute Gasteiger partial charge is 0.474 e. The number of hydrogen-bond donors (Lipinski definition) is 14. The number of phosphoric ester groups is 1. The van der Waals surface area contributed by atoms with Crippen LogP contribution >= 0.6 is 7.82 Å². The molecular weight excluding hydrogens is 1290 g/mol. The monoisotopic (exact) mass is 1390 g/mol. The average Bonchev–Trinajstić information content (AvgIpc) is 0.855. The summed E-state index contributed by atoms with van der Waals surface area (Å²) >= 11 is 0. The Bertz CT molecular complexity index is 2950. The number of ether oxygens (including phenoxy) is 9. The molecule has 5 aliphatic rings. The Morgan fingerprint density at radius 2 is 1.25 bits per heavy atom. The van der Waals surface area contributed by atoms with Crippen molar-refractivity contribution in [1.29, 1.82) is 0 Å². The van der Waals surface area contributed by atoms with Gasteiger partial charge in [-0.2, -0.15) is 0 Å². The van der Waals surface area contributed by atoms with Crippen LogP contribution in [0, 0.1) is 5.41 Å². The Balaban J connectivity index is 1.26. The Hall–Kier alpha value is -5.92. The van der Waals surface area contributed by atoms with Crippen molar-refractivity contribution < 1.29 is 136 Å². The molecule has 16 N–H and O–H groups in total. The molecule has 22 unspecified atom stereocenters. The summed E-state index contributed by atoms with van der Waals surface area (Å²) in [7, 11) is -5.66. The number of ketones is 1. The maximum Gasteiger partial charge on any atom is 0.474 e. The second kappa shape index (κ2) is 36.2. The first-order valence-corrected chi connectivity index (χ1v) is 32.8. The van der Waals surface area contributed by atoms with Gasteiger partial charge in [0.1, 0.15) is 72.4 Å². The van der Waals surface area contributed by atoms with Crippen molar-refractivity contribution in [3.8, 4) is 0 Å². The van der Waals surface area contributed by atoms with Crippen LogP contribution in [0.15, 0.2) is 70.7 Å². The van der Waals surface area contributed by atoms with Crippen molar-refractivity contribution in [1.82, 2.24) is 16.0 Å². The number of primary amides is 2. The van der Waals surface area contributed by atoms with Crippen LogP contribution in [0.3, 0.4) is 0 Å². The SMILES string of the molecule is C=C(C/C=C(\C)CCC=C(C)C)CCC(C)(C)/C=C/CC/C(C)=C\COC(COP(=O)(O)OC1OC(C(N)=O)C(O)C(OC(N)=O)C1OC1OC(C)C(OC2OC(C)C(OC3OC(C(=O)NC4=C(O)CCC4=O)C(O)C(O)C3O)C(O)C2NC(C)=O)C(O)C1NC(C)=O)C(=O)O. The van der Waals surface area contributed by atoms with Crippen LogP contribution in [0.25, 0.3) is 0 Å². The highest BCUT2D eigenvalue weighted by molar-refractivity contribution is 7.47. The van der Waals surface area contributed by atoms with Crippen molar-refractivity contribution in [3.63, 3.8) is 0 Å². The van der Waals surface area contributed by atoms with Gasteiger partial charge in [0.15, 0.2) is 61.5 Å². The third-order valence-corrected chi connectivity index (χ3v) is 17.3. The van der Waals surface area contributed by atoms with Gasteiger partial charge >= 0.3 is 19.9 Å². The van der Waals surface area contributed by atoms with Crippen LogP contribution in [0.2, 0.25) is 0 Å². The second-order valence-corrected chi connectivity index (χ2v) is 26.7. The molecule has 542 valence electrons. The molecule has 4 saturated heterocycles.